The van der Waals surface area contributed by atoms with Gasteiger partial charge in [-0.1, -0.05) is 182 Å². The van der Waals surface area contributed by atoms with E-state index in [4.69, 9.17) is 0 Å². The molecule has 3 atom stereocenters. The van der Waals surface area contributed by atoms with Gasteiger partial charge < -0.3 is 18.3 Å². The summed E-state index contributed by atoms with van der Waals surface area (Å²) < 4.78 is 10.0. The van der Waals surface area contributed by atoms with Crippen LogP contribution in [-0.2, 0) is 0 Å². The van der Waals surface area contributed by atoms with Crippen LogP contribution in [0, 0.1) is 0 Å². The van der Waals surface area contributed by atoms with E-state index in [0.717, 1.165) is 33.8 Å². The highest BCUT2D eigenvalue weighted by molar-refractivity contribution is 6.28. The molecule has 7 nitrogen and oxygen atoms in total. The Balaban J connectivity index is 1.01. The fourth-order valence-corrected chi connectivity index (χ4v) is 13.7. The molecule has 1 aliphatic rings. The Morgan fingerprint density at radius 1 is 0.282 bits per heavy atom. The molecule has 16 rings (SSSR count). The number of nitrogens with one attached hydrogen (secondary N) is 1. The largest absolute Gasteiger partial charge is 0.309 e. The van der Waals surface area contributed by atoms with Crippen molar-refractivity contribution in [1.29, 1.82) is 0 Å². The Bertz CT molecular complexity index is 4800. The van der Waals surface area contributed by atoms with Crippen molar-refractivity contribution in [2.75, 3.05) is 14.1 Å². The molecule has 4 aromatic heterocycles. The predicted molar refractivity (Wildman–Crippen MR) is 324 cm³/mol. The summed E-state index contributed by atoms with van der Waals surface area (Å²) in [5, 5.41) is 14.0. The molecule has 7 heteroatoms. The first-order chi connectivity index (χ1) is 38.6. The average Bonchev–Trinajstić information content (AvgIpc) is 4.38. The molecule has 0 amide bonds. The average molecular weight is 1000 g/mol. The maximum atomic E-state index is 4.21. The van der Waals surface area contributed by atoms with Crippen LogP contribution in [0.5, 0.6) is 0 Å². The zero-order chi connectivity index (χ0) is 51.6. The van der Waals surface area contributed by atoms with E-state index in [1.165, 1.54) is 92.9 Å². The number of benzene rings is 11. The number of hydrogen-bond donors (Lipinski definition) is 1. The lowest BCUT2D eigenvalue weighted by molar-refractivity contribution is -0.0656. The van der Waals surface area contributed by atoms with Gasteiger partial charge in [-0.3, -0.25) is 15.1 Å². The number of fused-ring (bicyclic) bond motifs is 14. The molecule has 78 heavy (non-hydrogen) atoms. The zero-order valence-corrected chi connectivity index (χ0v) is 43.2. The van der Waals surface area contributed by atoms with E-state index in [-0.39, 0.29) is 18.5 Å². The van der Waals surface area contributed by atoms with E-state index >= 15 is 0 Å². The molecule has 1 aliphatic heterocycles. The molecule has 5 heterocycles. The summed E-state index contributed by atoms with van der Waals surface area (Å²) in [5.41, 5.74) is 17.6. The third-order valence-electron chi connectivity index (χ3n) is 16.9. The minimum Gasteiger partial charge on any atom is -0.309 e. The second kappa shape index (κ2) is 17.5. The molecule has 0 saturated carbocycles. The Hall–Kier alpha value is -9.50. The van der Waals surface area contributed by atoms with Crippen molar-refractivity contribution >= 4 is 87.2 Å². The van der Waals surface area contributed by atoms with Crippen LogP contribution >= 0.6 is 0 Å². The van der Waals surface area contributed by atoms with Gasteiger partial charge in [-0.15, -0.1) is 0 Å². The standard InChI is InChI=1S/C71H53N7/c1-73-69(46-23-8-3-9-24-46)72-70(74(2)71(73)47-25-10-4-11-26-47)57-36-22-35-56-64-63(77(66(56)57)50-31-16-7-17-32-50)44-41-54-53-34-19-21-38-60(53)78(67(54)64)51-39-42-61-58(45-51)65-62(75(61)48-27-12-5-13-28-48)43-40-55-52-33-18-20-37-59(52)76(68(55)65)49-29-14-6-15-30-49/h3-45,69-72H,1-2H3. The van der Waals surface area contributed by atoms with Gasteiger partial charge in [0.25, 0.3) is 0 Å². The van der Waals surface area contributed by atoms with Crippen LogP contribution in [-0.4, -0.2) is 42.2 Å². The van der Waals surface area contributed by atoms with Gasteiger partial charge in [-0.05, 0) is 104 Å². The lowest BCUT2D eigenvalue weighted by atomic mass is 9.99. The summed E-state index contributed by atoms with van der Waals surface area (Å²) in [6.07, 6.45) is -0.240. The molecular formula is C71H53N7. The van der Waals surface area contributed by atoms with Crippen LogP contribution < -0.4 is 5.32 Å². The molecule has 1 fully saturated rings. The highest BCUT2D eigenvalue weighted by atomic mass is 15.5. The fraction of sp³-hybridized carbons (Fsp3) is 0.0704. The molecule has 0 radical (unpaired) electrons. The number of para-hydroxylation sites is 6. The molecular weight excluding hydrogens is 951 g/mol. The van der Waals surface area contributed by atoms with Gasteiger partial charge >= 0.3 is 0 Å². The molecule has 372 valence electrons. The van der Waals surface area contributed by atoms with Crippen LogP contribution in [0.1, 0.15) is 35.2 Å². The number of nitrogens with zero attached hydrogens (tertiary/aromatic N) is 6. The summed E-state index contributed by atoms with van der Waals surface area (Å²) in [4.78, 5) is 4.98. The maximum absolute atomic E-state index is 4.21. The van der Waals surface area contributed by atoms with Crippen molar-refractivity contribution in [1.82, 2.24) is 33.4 Å². The number of aromatic nitrogens is 4. The monoisotopic (exact) mass is 1000 g/mol. The first-order valence-electron chi connectivity index (χ1n) is 27.1. The van der Waals surface area contributed by atoms with E-state index in [1.807, 2.05) is 0 Å². The van der Waals surface area contributed by atoms with Gasteiger partial charge in [-0.2, -0.15) is 0 Å². The summed E-state index contributed by atoms with van der Waals surface area (Å²) in [7, 11) is 4.52. The summed E-state index contributed by atoms with van der Waals surface area (Å²) in [6.45, 7) is 0. The Morgan fingerprint density at radius 2 is 0.705 bits per heavy atom. The predicted octanol–water partition coefficient (Wildman–Crippen LogP) is 16.9. The highest BCUT2D eigenvalue weighted by Crippen LogP contribution is 2.48. The Kier molecular flexibility index (Phi) is 10.1. The maximum Gasteiger partial charge on any atom is 0.0911 e. The van der Waals surface area contributed by atoms with E-state index in [0.29, 0.717) is 0 Å². The van der Waals surface area contributed by atoms with Gasteiger partial charge in [-0.25, -0.2) is 0 Å². The van der Waals surface area contributed by atoms with E-state index < -0.39 is 0 Å². The quantitative estimate of drug-likeness (QED) is 0.173. The van der Waals surface area contributed by atoms with Crippen LogP contribution in [0.4, 0.5) is 0 Å². The Morgan fingerprint density at radius 3 is 1.29 bits per heavy atom. The molecule has 3 unspecified atom stereocenters. The molecule has 1 N–H and O–H groups in total. The SMILES string of the molecule is CN1C(c2ccccc2)NC(c2cccc3c4c(ccc5c6ccccc6n(-c6ccc7c(c6)c6c(ccc8c9ccccc9n(-c9ccccc9)c86)n7-c6ccccc6)c54)n(-c4ccccc4)c23)N(C)C1c1ccccc1. The van der Waals surface area contributed by atoms with Crippen molar-refractivity contribution in [3.63, 3.8) is 0 Å². The fourth-order valence-electron chi connectivity index (χ4n) is 13.7. The van der Waals surface area contributed by atoms with Crippen LogP contribution in [0.3, 0.4) is 0 Å². The molecule has 15 aromatic rings. The van der Waals surface area contributed by atoms with Gasteiger partial charge in [0.2, 0.25) is 0 Å². The van der Waals surface area contributed by atoms with E-state index in [1.54, 1.807) is 0 Å². The van der Waals surface area contributed by atoms with E-state index in [9.17, 15) is 0 Å². The first kappa shape index (κ1) is 44.8. The third kappa shape index (κ3) is 6.50. The summed E-state index contributed by atoms with van der Waals surface area (Å²) >= 11 is 0. The summed E-state index contributed by atoms with van der Waals surface area (Å²) in [5.74, 6) is 0. The molecule has 11 aromatic carbocycles. The van der Waals surface area contributed by atoms with Crippen molar-refractivity contribution in [2.45, 2.75) is 18.5 Å². The zero-order valence-electron chi connectivity index (χ0n) is 43.2. The lowest BCUT2D eigenvalue weighted by Gasteiger charge is -2.51. The van der Waals surface area contributed by atoms with Crippen LogP contribution in [0.2, 0.25) is 0 Å². The van der Waals surface area contributed by atoms with Gasteiger partial charge in [0, 0.05) is 71.4 Å². The first-order valence-corrected chi connectivity index (χ1v) is 27.1. The number of rotatable bonds is 7. The lowest BCUT2D eigenvalue weighted by Crippen LogP contribution is -2.55. The topological polar surface area (TPSA) is 38.2 Å². The second-order valence-corrected chi connectivity index (χ2v) is 21.0. The van der Waals surface area contributed by atoms with Crippen molar-refractivity contribution in [2.24, 2.45) is 0 Å². The van der Waals surface area contributed by atoms with Crippen LogP contribution in [0.25, 0.3) is 110 Å². The Labute approximate surface area is 451 Å². The second-order valence-electron chi connectivity index (χ2n) is 21.0. The normalized spacial score (nSPS) is 16.6. The summed E-state index contributed by atoms with van der Waals surface area (Å²) in [6, 6.07) is 96.0. The minimum atomic E-state index is -0.166. The van der Waals surface area contributed by atoms with Gasteiger partial charge in [0.05, 0.1) is 62.6 Å². The van der Waals surface area contributed by atoms with Gasteiger partial charge in [0.1, 0.15) is 0 Å². The minimum absolute atomic E-state index is 0.0142. The van der Waals surface area contributed by atoms with Crippen molar-refractivity contribution in [3.8, 4) is 22.7 Å². The molecule has 1 saturated heterocycles. The molecule has 0 spiro atoms. The van der Waals surface area contributed by atoms with E-state index in [2.05, 4.69) is 308 Å². The van der Waals surface area contributed by atoms with Crippen molar-refractivity contribution < 1.29 is 0 Å². The smallest absolute Gasteiger partial charge is 0.0911 e. The number of hydrogen-bond acceptors (Lipinski definition) is 3. The van der Waals surface area contributed by atoms with Crippen molar-refractivity contribution in [3.05, 3.63) is 278 Å². The highest BCUT2D eigenvalue weighted by Gasteiger charge is 2.40. The van der Waals surface area contributed by atoms with Gasteiger partial charge in [0.15, 0.2) is 0 Å². The third-order valence-corrected chi connectivity index (χ3v) is 16.9. The molecule has 0 aliphatic carbocycles. The van der Waals surface area contributed by atoms with Crippen LogP contribution in [0.15, 0.2) is 261 Å². The molecule has 0 bridgehead atoms.